The van der Waals surface area contributed by atoms with E-state index in [1.165, 1.54) is 55.2 Å². The van der Waals surface area contributed by atoms with Gasteiger partial charge in [-0.25, -0.2) is 0 Å². The standard InChI is InChI=1S/C18H25Br/c1-12-3-4-13(2)16(7-12)10-18(19)11-17-9-14-5-6-15(17)8-14/h3-4,7,14-15,17-18H,5-6,8-11H2,1-2H3. The number of rotatable bonds is 4. The molecule has 0 heterocycles. The molecular weight excluding hydrogens is 296 g/mol. The third kappa shape index (κ3) is 3.07. The topological polar surface area (TPSA) is 0 Å². The van der Waals surface area contributed by atoms with Gasteiger partial charge in [-0.15, -0.1) is 0 Å². The van der Waals surface area contributed by atoms with Gasteiger partial charge in [0.15, 0.2) is 0 Å². The normalized spacial score (nSPS) is 30.8. The van der Waals surface area contributed by atoms with Gasteiger partial charge in [0, 0.05) is 4.83 Å². The third-order valence-electron chi connectivity index (χ3n) is 5.39. The second kappa shape index (κ2) is 5.60. The minimum atomic E-state index is 0.664. The predicted octanol–water partition coefficient (Wildman–Crippen LogP) is 5.44. The quantitative estimate of drug-likeness (QED) is 0.648. The summed E-state index contributed by atoms with van der Waals surface area (Å²) in [5, 5.41) is 0. The van der Waals surface area contributed by atoms with Crippen LogP contribution in [0.25, 0.3) is 0 Å². The number of fused-ring (bicyclic) bond motifs is 2. The molecule has 0 radical (unpaired) electrons. The van der Waals surface area contributed by atoms with Gasteiger partial charge in [-0.1, -0.05) is 46.1 Å². The van der Waals surface area contributed by atoms with E-state index in [0.29, 0.717) is 4.83 Å². The second-order valence-electron chi connectivity index (χ2n) is 6.90. The Morgan fingerprint density at radius 3 is 2.74 bits per heavy atom. The van der Waals surface area contributed by atoms with Gasteiger partial charge in [0.25, 0.3) is 0 Å². The van der Waals surface area contributed by atoms with Crippen LogP contribution in [-0.2, 0) is 6.42 Å². The molecule has 2 saturated carbocycles. The zero-order chi connectivity index (χ0) is 13.4. The molecule has 1 aromatic rings. The van der Waals surface area contributed by atoms with Crippen molar-refractivity contribution in [2.45, 2.75) is 57.2 Å². The highest BCUT2D eigenvalue weighted by atomic mass is 79.9. The number of aryl methyl sites for hydroxylation is 2. The van der Waals surface area contributed by atoms with Crippen molar-refractivity contribution in [3.05, 3.63) is 34.9 Å². The number of alkyl halides is 1. The van der Waals surface area contributed by atoms with Gasteiger partial charge in [0.05, 0.1) is 0 Å². The maximum Gasteiger partial charge on any atom is 0.0189 e. The number of benzene rings is 1. The zero-order valence-corrected chi connectivity index (χ0v) is 13.7. The Morgan fingerprint density at radius 1 is 1.21 bits per heavy atom. The summed E-state index contributed by atoms with van der Waals surface area (Å²) in [6, 6.07) is 6.85. The molecule has 0 nitrogen and oxygen atoms in total. The average molecular weight is 321 g/mol. The fourth-order valence-corrected chi connectivity index (χ4v) is 5.16. The summed E-state index contributed by atoms with van der Waals surface area (Å²) in [6.07, 6.45) is 8.66. The van der Waals surface area contributed by atoms with Crippen LogP contribution in [-0.4, -0.2) is 4.83 Å². The van der Waals surface area contributed by atoms with Crippen molar-refractivity contribution in [1.29, 1.82) is 0 Å². The molecule has 2 aliphatic rings. The van der Waals surface area contributed by atoms with E-state index in [0.717, 1.165) is 17.8 Å². The first-order valence-electron chi connectivity index (χ1n) is 7.82. The molecule has 3 rings (SSSR count). The molecule has 4 unspecified atom stereocenters. The lowest BCUT2D eigenvalue weighted by Gasteiger charge is -2.24. The van der Waals surface area contributed by atoms with Crippen LogP contribution in [0.5, 0.6) is 0 Å². The van der Waals surface area contributed by atoms with Crippen molar-refractivity contribution < 1.29 is 0 Å². The van der Waals surface area contributed by atoms with Crippen molar-refractivity contribution >= 4 is 15.9 Å². The summed E-state index contributed by atoms with van der Waals surface area (Å²) in [6.45, 7) is 4.44. The highest BCUT2D eigenvalue weighted by Gasteiger charge is 2.39. The molecule has 1 heteroatoms. The van der Waals surface area contributed by atoms with Gasteiger partial charge in [-0.2, -0.15) is 0 Å². The molecule has 1 aromatic carbocycles. The molecular formula is C18H25Br. The van der Waals surface area contributed by atoms with Gasteiger partial charge in [0.2, 0.25) is 0 Å². The monoisotopic (exact) mass is 320 g/mol. The number of hydrogen-bond acceptors (Lipinski definition) is 0. The molecule has 4 atom stereocenters. The Kier molecular flexibility index (Phi) is 4.03. The summed E-state index contributed by atoms with van der Waals surface area (Å²) >= 11 is 3.95. The minimum absolute atomic E-state index is 0.664. The molecule has 0 spiro atoms. The van der Waals surface area contributed by atoms with E-state index in [4.69, 9.17) is 0 Å². The first-order chi connectivity index (χ1) is 9.11. The van der Waals surface area contributed by atoms with Crippen LogP contribution >= 0.6 is 15.9 Å². The minimum Gasteiger partial charge on any atom is -0.0887 e. The highest BCUT2D eigenvalue weighted by Crippen LogP contribution is 2.50. The highest BCUT2D eigenvalue weighted by molar-refractivity contribution is 9.09. The van der Waals surface area contributed by atoms with Gasteiger partial charge in [-0.05, 0) is 74.8 Å². The number of halogens is 1. The van der Waals surface area contributed by atoms with E-state index in [2.05, 4.69) is 48.0 Å². The summed E-state index contributed by atoms with van der Waals surface area (Å²) in [4.78, 5) is 0.664. The fourth-order valence-electron chi connectivity index (χ4n) is 4.34. The van der Waals surface area contributed by atoms with Gasteiger partial charge < -0.3 is 0 Å². The molecule has 2 fully saturated rings. The van der Waals surface area contributed by atoms with E-state index in [9.17, 15) is 0 Å². The maximum absolute atomic E-state index is 3.95. The van der Waals surface area contributed by atoms with Crippen LogP contribution in [0.3, 0.4) is 0 Å². The Morgan fingerprint density at radius 2 is 2.05 bits per heavy atom. The van der Waals surface area contributed by atoms with Gasteiger partial charge in [-0.3, -0.25) is 0 Å². The summed E-state index contributed by atoms with van der Waals surface area (Å²) in [5.41, 5.74) is 4.37. The summed E-state index contributed by atoms with van der Waals surface area (Å²) in [7, 11) is 0. The summed E-state index contributed by atoms with van der Waals surface area (Å²) in [5.74, 6) is 3.15. The smallest absolute Gasteiger partial charge is 0.0189 e. The molecule has 0 aromatic heterocycles. The van der Waals surface area contributed by atoms with Crippen molar-refractivity contribution in [3.8, 4) is 0 Å². The van der Waals surface area contributed by atoms with Crippen LogP contribution in [0.2, 0.25) is 0 Å². The van der Waals surface area contributed by atoms with Crippen molar-refractivity contribution in [2.75, 3.05) is 0 Å². The molecule has 0 amide bonds. The van der Waals surface area contributed by atoms with Crippen LogP contribution in [0, 0.1) is 31.6 Å². The largest absolute Gasteiger partial charge is 0.0887 e. The van der Waals surface area contributed by atoms with Crippen molar-refractivity contribution in [3.63, 3.8) is 0 Å². The molecule has 19 heavy (non-hydrogen) atoms. The van der Waals surface area contributed by atoms with Crippen LogP contribution in [0.4, 0.5) is 0 Å². The Hall–Kier alpha value is -0.300. The molecule has 0 saturated heterocycles. The van der Waals surface area contributed by atoms with Crippen LogP contribution in [0.1, 0.15) is 48.8 Å². The van der Waals surface area contributed by atoms with E-state index >= 15 is 0 Å². The predicted molar refractivity (Wildman–Crippen MR) is 85.9 cm³/mol. The van der Waals surface area contributed by atoms with E-state index < -0.39 is 0 Å². The lowest BCUT2D eigenvalue weighted by molar-refractivity contribution is 0.313. The Labute approximate surface area is 126 Å². The second-order valence-corrected chi connectivity index (χ2v) is 8.20. The van der Waals surface area contributed by atoms with Crippen LogP contribution < -0.4 is 0 Å². The lowest BCUT2D eigenvalue weighted by Crippen LogP contribution is -2.17. The maximum atomic E-state index is 3.95. The Bertz CT molecular complexity index is 451. The number of hydrogen-bond donors (Lipinski definition) is 0. The molecule has 0 aliphatic heterocycles. The van der Waals surface area contributed by atoms with Gasteiger partial charge >= 0.3 is 0 Å². The molecule has 2 aliphatic carbocycles. The van der Waals surface area contributed by atoms with E-state index in [1.807, 2.05) is 0 Å². The SMILES string of the molecule is Cc1ccc(C)c(CC(Br)CC2CC3CCC2C3)c1. The van der Waals surface area contributed by atoms with Crippen molar-refractivity contribution in [1.82, 2.24) is 0 Å². The third-order valence-corrected chi connectivity index (χ3v) is 6.09. The van der Waals surface area contributed by atoms with E-state index in [-0.39, 0.29) is 0 Å². The summed E-state index contributed by atoms with van der Waals surface area (Å²) < 4.78 is 0. The molecule has 2 bridgehead atoms. The zero-order valence-electron chi connectivity index (χ0n) is 12.2. The first kappa shape index (κ1) is 13.7. The average Bonchev–Trinajstić information content (AvgIpc) is 2.96. The Balaban J connectivity index is 1.59. The van der Waals surface area contributed by atoms with Gasteiger partial charge in [0.1, 0.15) is 0 Å². The van der Waals surface area contributed by atoms with Crippen molar-refractivity contribution in [2.24, 2.45) is 17.8 Å². The molecule has 0 N–H and O–H groups in total. The lowest BCUT2D eigenvalue weighted by atomic mass is 9.84. The molecule has 104 valence electrons. The van der Waals surface area contributed by atoms with E-state index in [1.54, 1.807) is 0 Å². The fraction of sp³-hybridized carbons (Fsp3) is 0.667. The van der Waals surface area contributed by atoms with Crippen LogP contribution in [0.15, 0.2) is 18.2 Å². The first-order valence-corrected chi connectivity index (χ1v) is 8.73.